The van der Waals surface area contributed by atoms with Crippen molar-refractivity contribution in [1.82, 2.24) is 4.98 Å². The number of hydrogen-bond donors (Lipinski definition) is 0. The van der Waals surface area contributed by atoms with E-state index in [0.29, 0.717) is 6.54 Å². The van der Waals surface area contributed by atoms with Crippen LogP contribution in [0, 0.1) is 0 Å². The minimum Gasteiger partial charge on any atom is -0.325 e. The first-order chi connectivity index (χ1) is 7.38. The average Bonchev–Trinajstić information content (AvgIpc) is 2.66. The first-order valence-electron chi connectivity index (χ1n) is 4.95. The van der Waals surface area contributed by atoms with E-state index in [1.54, 1.807) is 6.20 Å². The second-order valence-corrected chi connectivity index (χ2v) is 3.77. The van der Waals surface area contributed by atoms with Gasteiger partial charge in [-0.25, -0.2) is 4.98 Å². The van der Waals surface area contributed by atoms with Gasteiger partial charge in [0.15, 0.2) is 0 Å². The zero-order chi connectivity index (χ0) is 10.3. The fraction of sp³-hybridized carbons (Fsp3) is 0.167. The minimum absolute atomic E-state index is 0.652. The Labute approximate surface area is 87.7 Å². The summed E-state index contributed by atoms with van der Waals surface area (Å²) in [5, 5.41) is 0. The summed E-state index contributed by atoms with van der Waals surface area (Å²) in [6.45, 7) is 0.652. The van der Waals surface area contributed by atoms with E-state index in [9.17, 15) is 4.79 Å². The summed E-state index contributed by atoms with van der Waals surface area (Å²) in [7, 11) is 0. The minimum atomic E-state index is 0.652. The van der Waals surface area contributed by atoms with E-state index in [1.165, 1.54) is 11.3 Å². The van der Waals surface area contributed by atoms with E-state index in [-0.39, 0.29) is 0 Å². The lowest BCUT2D eigenvalue weighted by molar-refractivity contribution is -0.104. The topological polar surface area (TPSA) is 33.2 Å². The Balaban J connectivity index is 2.05. The van der Waals surface area contributed by atoms with E-state index in [2.05, 4.69) is 16.0 Å². The molecular weight excluding hydrogens is 188 g/mol. The molecule has 3 heteroatoms. The van der Waals surface area contributed by atoms with Gasteiger partial charge in [-0.2, -0.15) is 0 Å². The molecule has 0 saturated carbocycles. The number of anilines is 1. The maximum Gasteiger partial charge on any atom is 0.147 e. The maximum atomic E-state index is 10.7. The van der Waals surface area contributed by atoms with Crippen molar-refractivity contribution in [3.05, 3.63) is 47.3 Å². The van der Waals surface area contributed by atoms with Gasteiger partial charge in [0, 0.05) is 29.5 Å². The summed E-state index contributed by atoms with van der Waals surface area (Å²) in [6.07, 6.45) is 7.53. The third kappa shape index (κ3) is 1.20. The molecule has 0 bridgehead atoms. The first-order valence-corrected chi connectivity index (χ1v) is 4.95. The van der Waals surface area contributed by atoms with Crippen molar-refractivity contribution in [2.24, 2.45) is 0 Å². The molecule has 0 saturated heterocycles. The predicted octanol–water partition coefficient (Wildman–Crippen LogP) is 1.47. The van der Waals surface area contributed by atoms with Gasteiger partial charge in [-0.1, -0.05) is 12.1 Å². The number of fused-ring (bicyclic) bond motifs is 3. The molecular formula is C12H10N2O. The lowest BCUT2D eigenvalue weighted by Gasteiger charge is -2.22. The molecule has 2 aliphatic heterocycles. The molecule has 0 unspecified atom stereocenters. The standard InChI is InChI=1S/C12H10N2O/c15-8-9-3-4-11-6-10-2-1-5-13-12(10)14(11)7-9/h1-5,8H,6-7H2. The summed E-state index contributed by atoms with van der Waals surface area (Å²) >= 11 is 0. The Hall–Kier alpha value is -1.90. The second-order valence-electron chi connectivity index (χ2n) is 3.77. The fourth-order valence-corrected chi connectivity index (χ4v) is 2.08. The Morgan fingerprint density at radius 2 is 2.33 bits per heavy atom. The molecule has 0 radical (unpaired) electrons. The molecule has 1 aromatic heterocycles. The van der Waals surface area contributed by atoms with Gasteiger partial charge in [0.25, 0.3) is 0 Å². The van der Waals surface area contributed by atoms with E-state index >= 15 is 0 Å². The Kier molecular flexibility index (Phi) is 1.71. The zero-order valence-electron chi connectivity index (χ0n) is 8.18. The van der Waals surface area contributed by atoms with Crippen LogP contribution in [-0.4, -0.2) is 17.8 Å². The summed E-state index contributed by atoms with van der Waals surface area (Å²) in [5.74, 6) is 0.996. The SMILES string of the molecule is O=CC1=CC=C2Cc3cccnc3N2C1. The van der Waals surface area contributed by atoms with Crippen LogP contribution in [0.5, 0.6) is 0 Å². The number of aldehydes is 1. The van der Waals surface area contributed by atoms with Gasteiger partial charge in [0.2, 0.25) is 0 Å². The number of rotatable bonds is 1. The van der Waals surface area contributed by atoms with Crippen LogP contribution in [-0.2, 0) is 11.2 Å². The largest absolute Gasteiger partial charge is 0.325 e. The second kappa shape index (κ2) is 3.05. The van der Waals surface area contributed by atoms with Crippen LogP contribution < -0.4 is 4.90 Å². The van der Waals surface area contributed by atoms with Gasteiger partial charge in [-0.3, -0.25) is 4.79 Å². The van der Waals surface area contributed by atoms with Gasteiger partial charge >= 0.3 is 0 Å². The maximum absolute atomic E-state index is 10.7. The Morgan fingerprint density at radius 3 is 3.20 bits per heavy atom. The van der Waals surface area contributed by atoms with Gasteiger partial charge in [0.1, 0.15) is 12.1 Å². The average molecular weight is 198 g/mol. The van der Waals surface area contributed by atoms with Gasteiger partial charge in [0.05, 0.1) is 6.54 Å². The molecule has 3 nitrogen and oxygen atoms in total. The van der Waals surface area contributed by atoms with Crippen molar-refractivity contribution < 1.29 is 4.79 Å². The molecule has 0 aromatic carbocycles. The predicted molar refractivity (Wildman–Crippen MR) is 57.5 cm³/mol. The van der Waals surface area contributed by atoms with Crippen molar-refractivity contribution >= 4 is 12.1 Å². The van der Waals surface area contributed by atoms with Gasteiger partial charge in [-0.15, -0.1) is 0 Å². The van der Waals surface area contributed by atoms with Crippen LogP contribution in [0.3, 0.4) is 0 Å². The van der Waals surface area contributed by atoms with Crippen molar-refractivity contribution in [3.63, 3.8) is 0 Å². The highest BCUT2D eigenvalue weighted by molar-refractivity contribution is 5.78. The molecule has 0 N–H and O–H groups in total. The molecule has 0 atom stereocenters. The molecule has 74 valence electrons. The molecule has 0 amide bonds. The number of pyridine rings is 1. The summed E-state index contributed by atoms with van der Waals surface area (Å²) in [5.41, 5.74) is 3.27. The summed E-state index contributed by atoms with van der Waals surface area (Å²) in [4.78, 5) is 17.2. The molecule has 0 aliphatic carbocycles. The van der Waals surface area contributed by atoms with E-state index in [0.717, 1.165) is 24.1 Å². The highest BCUT2D eigenvalue weighted by Gasteiger charge is 2.26. The number of nitrogens with zero attached hydrogens (tertiary/aromatic N) is 2. The summed E-state index contributed by atoms with van der Waals surface area (Å²) in [6, 6.07) is 4.04. The van der Waals surface area contributed by atoms with Crippen LogP contribution in [0.15, 0.2) is 41.8 Å². The highest BCUT2D eigenvalue weighted by Crippen LogP contribution is 2.34. The molecule has 15 heavy (non-hydrogen) atoms. The lowest BCUT2D eigenvalue weighted by Crippen LogP contribution is -2.25. The Bertz CT molecular complexity index is 488. The van der Waals surface area contributed by atoms with Crippen LogP contribution in [0.25, 0.3) is 0 Å². The number of hydrogen-bond acceptors (Lipinski definition) is 3. The number of allylic oxidation sites excluding steroid dienone is 3. The van der Waals surface area contributed by atoms with Crippen LogP contribution in [0.2, 0.25) is 0 Å². The number of aromatic nitrogens is 1. The number of carbonyl (C=O) groups excluding carboxylic acids is 1. The van der Waals surface area contributed by atoms with Crippen LogP contribution >= 0.6 is 0 Å². The fourth-order valence-electron chi connectivity index (χ4n) is 2.08. The molecule has 1 aromatic rings. The number of carbonyl (C=O) groups is 1. The van der Waals surface area contributed by atoms with Gasteiger partial charge in [-0.05, 0) is 12.1 Å². The van der Waals surface area contributed by atoms with Crippen molar-refractivity contribution in [3.8, 4) is 0 Å². The monoisotopic (exact) mass is 198 g/mol. The van der Waals surface area contributed by atoms with Crippen molar-refractivity contribution in [2.75, 3.05) is 11.4 Å². The third-order valence-corrected chi connectivity index (χ3v) is 2.82. The smallest absolute Gasteiger partial charge is 0.147 e. The van der Waals surface area contributed by atoms with E-state index in [1.807, 2.05) is 18.2 Å². The molecule has 3 heterocycles. The highest BCUT2D eigenvalue weighted by atomic mass is 16.1. The first kappa shape index (κ1) is 8.41. The Morgan fingerprint density at radius 1 is 1.40 bits per heavy atom. The van der Waals surface area contributed by atoms with Crippen LogP contribution in [0.1, 0.15) is 5.56 Å². The molecule has 0 fully saturated rings. The lowest BCUT2D eigenvalue weighted by atomic mass is 10.1. The van der Waals surface area contributed by atoms with E-state index < -0.39 is 0 Å². The quantitative estimate of drug-likeness (QED) is 0.640. The van der Waals surface area contributed by atoms with Crippen molar-refractivity contribution in [2.45, 2.75) is 6.42 Å². The van der Waals surface area contributed by atoms with Crippen molar-refractivity contribution in [1.29, 1.82) is 0 Å². The zero-order valence-corrected chi connectivity index (χ0v) is 8.18. The summed E-state index contributed by atoms with van der Waals surface area (Å²) < 4.78 is 0. The van der Waals surface area contributed by atoms with E-state index in [4.69, 9.17) is 0 Å². The molecule has 0 spiro atoms. The third-order valence-electron chi connectivity index (χ3n) is 2.82. The molecule has 3 rings (SSSR count). The van der Waals surface area contributed by atoms with Crippen LogP contribution in [0.4, 0.5) is 5.82 Å². The van der Waals surface area contributed by atoms with Gasteiger partial charge < -0.3 is 4.90 Å². The normalized spacial score (nSPS) is 17.7. The molecule has 2 aliphatic rings.